The van der Waals surface area contributed by atoms with E-state index in [1.54, 1.807) is 7.11 Å². The lowest BCUT2D eigenvalue weighted by Crippen LogP contribution is -2.30. The lowest BCUT2D eigenvalue weighted by Gasteiger charge is -2.25. The molecule has 0 N–H and O–H groups in total. The number of esters is 1. The van der Waals surface area contributed by atoms with Crippen molar-refractivity contribution >= 4 is 34.3 Å². The molecule has 5 rings (SSSR count). The first-order valence-corrected chi connectivity index (χ1v) is 11.6. The van der Waals surface area contributed by atoms with Crippen LogP contribution in [0.2, 0.25) is 0 Å². The number of carbonyl (C=O) groups excluding carboxylic acids is 2. The van der Waals surface area contributed by atoms with Gasteiger partial charge in [-0.25, -0.2) is 9.78 Å². The van der Waals surface area contributed by atoms with Gasteiger partial charge in [-0.15, -0.1) is 0 Å². The quantitative estimate of drug-likeness (QED) is 0.480. The molecule has 5 heteroatoms. The number of ketones is 1. The highest BCUT2D eigenvalue weighted by atomic mass is 16.5. The number of ether oxygens (including phenoxy) is 2. The van der Waals surface area contributed by atoms with Crippen molar-refractivity contribution in [2.75, 3.05) is 7.11 Å². The Balaban J connectivity index is 1.59. The SMILES string of the molecule is COc1ccc(C=C2CCCc3c2nc2ccccc2c3C(=O)OC2CCCCC2=O)cc1. The minimum absolute atomic E-state index is 0.0296. The summed E-state index contributed by atoms with van der Waals surface area (Å²) in [7, 11) is 1.65. The summed E-state index contributed by atoms with van der Waals surface area (Å²) >= 11 is 0. The third-order valence-corrected chi connectivity index (χ3v) is 6.58. The van der Waals surface area contributed by atoms with Gasteiger partial charge in [0.1, 0.15) is 5.75 Å². The van der Waals surface area contributed by atoms with Crippen LogP contribution in [0.15, 0.2) is 48.5 Å². The van der Waals surface area contributed by atoms with Crippen LogP contribution in [0.4, 0.5) is 0 Å². The smallest absolute Gasteiger partial charge is 0.339 e. The molecule has 1 unspecified atom stereocenters. The van der Waals surface area contributed by atoms with Crippen LogP contribution in [0, 0.1) is 0 Å². The maximum absolute atomic E-state index is 13.4. The fourth-order valence-corrected chi connectivity index (χ4v) is 4.87. The Morgan fingerprint density at radius 3 is 2.61 bits per heavy atom. The van der Waals surface area contributed by atoms with E-state index < -0.39 is 12.1 Å². The molecule has 2 aromatic carbocycles. The zero-order chi connectivity index (χ0) is 22.8. The van der Waals surface area contributed by atoms with Gasteiger partial charge in [0, 0.05) is 11.8 Å². The molecule has 1 saturated carbocycles. The minimum atomic E-state index is -0.633. The Morgan fingerprint density at radius 1 is 1.00 bits per heavy atom. The van der Waals surface area contributed by atoms with E-state index in [4.69, 9.17) is 14.5 Å². The summed E-state index contributed by atoms with van der Waals surface area (Å²) in [6, 6.07) is 15.6. The van der Waals surface area contributed by atoms with Gasteiger partial charge in [0.25, 0.3) is 0 Å². The molecule has 2 aliphatic carbocycles. The molecule has 0 radical (unpaired) electrons. The van der Waals surface area contributed by atoms with Crippen molar-refractivity contribution < 1.29 is 19.1 Å². The number of aromatic nitrogens is 1. The van der Waals surface area contributed by atoms with Gasteiger partial charge in [-0.1, -0.05) is 30.3 Å². The first-order valence-electron chi connectivity index (χ1n) is 11.6. The van der Waals surface area contributed by atoms with Gasteiger partial charge in [-0.2, -0.15) is 0 Å². The fourth-order valence-electron chi connectivity index (χ4n) is 4.87. The van der Waals surface area contributed by atoms with E-state index in [1.165, 1.54) is 0 Å². The van der Waals surface area contributed by atoms with Crippen molar-refractivity contribution in [3.8, 4) is 5.75 Å². The highest BCUT2D eigenvalue weighted by Crippen LogP contribution is 2.37. The molecule has 1 fully saturated rings. The van der Waals surface area contributed by atoms with Crippen LogP contribution in [0.3, 0.4) is 0 Å². The molecule has 2 aliphatic rings. The highest BCUT2D eigenvalue weighted by Gasteiger charge is 2.30. The van der Waals surface area contributed by atoms with Gasteiger partial charge in [-0.3, -0.25) is 4.79 Å². The van der Waals surface area contributed by atoms with Crippen LogP contribution in [-0.4, -0.2) is 30.0 Å². The topological polar surface area (TPSA) is 65.5 Å². The average Bonchev–Trinajstić information content (AvgIpc) is 2.84. The summed E-state index contributed by atoms with van der Waals surface area (Å²) in [5, 5.41) is 0.787. The molecule has 0 saturated heterocycles. The van der Waals surface area contributed by atoms with E-state index in [2.05, 4.69) is 6.08 Å². The van der Waals surface area contributed by atoms with Crippen LogP contribution < -0.4 is 4.74 Å². The third-order valence-electron chi connectivity index (χ3n) is 6.58. The maximum atomic E-state index is 13.4. The molecule has 0 amide bonds. The van der Waals surface area contributed by atoms with Crippen molar-refractivity contribution in [3.05, 3.63) is 70.9 Å². The third kappa shape index (κ3) is 4.28. The van der Waals surface area contributed by atoms with Crippen LogP contribution in [0.1, 0.15) is 65.7 Å². The van der Waals surface area contributed by atoms with Crippen molar-refractivity contribution in [1.82, 2.24) is 4.98 Å². The van der Waals surface area contributed by atoms with Gasteiger partial charge >= 0.3 is 5.97 Å². The second-order valence-corrected chi connectivity index (χ2v) is 8.73. The molecule has 168 valence electrons. The molecule has 0 aliphatic heterocycles. The van der Waals surface area contributed by atoms with Crippen molar-refractivity contribution in [3.63, 3.8) is 0 Å². The molecule has 1 atom stereocenters. The summed E-state index contributed by atoms with van der Waals surface area (Å²) < 4.78 is 11.1. The van der Waals surface area contributed by atoms with Crippen LogP contribution >= 0.6 is 0 Å². The molecular weight excluding hydrogens is 414 g/mol. The fraction of sp³-hybridized carbons (Fsp3) is 0.321. The Hall–Kier alpha value is -3.47. The number of fused-ring (bicyclic) bond motifs is 2. The first-order chi connectivity index (χ1) is 16.1. The van der Waals surface area contributed by atoms with Crippen molar-refractivity contribution in [1.29, 1.82) is 0 Å². The van der Waals surface area contributed by atoms with Crippen molar-refractivity contribution in [2.45, 2.75) is 51.0 Å². The molecule has 0 bridgehead atoms. The van der Waals surface area contributed by atoms with E-state index in [-0.39, 0.29) is 5.78 Å². The zero-order valence-electron chi connectivity index (χ0n) is 18.8. The Kier molecular flexibility index (Phi) is 5.95. The van der Waals surface area contributed by atoms with E-state index in [1.807, 2.05) is 48.5 Å². The molecule has 1 heterocycles. The Labute approximate surface area is 193 Å². The molecule has 0 spiro atoms. The monoisotopic (exact) mass is 441 g/mol. The van der Waals surface area contributed by atoms with Gasteiger partial charge in [-0.05, 0) is 79.5 Å². The number of allylic oxidation sites excluding steroid dienone is 1. The molecule has 5 nitrogen and oxygen atoms in total. The average molecular weight is 442 g/mol. The van der Waals surface area contributed by atoms with Gasteiger partial charge in [0.2, 0.25) is 0 Å². The Bertz CT molecular complexity index is 1240. The predicted octanol–water partition coefficient (Wildman–Crippen LogP) is 5.79. The van der Waals surface area contributed by atoms with E-state index in [0.717, 1.165) is 71.2 Å². The van der Waals surface area contributed by atoms with E-state index >= 15 is 0 Å². The number of hydrogen-bond acceptors (Lipinski definition) is 5. The van der Waals surface area contributed by atoms with Crippen LogP contribution in [0.25, 0.3) is 22.6 Å². The number of carbonyl (C=O) groups is 2. The first kappa shape index (κ1) is 21.4. The molecule has 3 aromatic rings. The standard InChI is InChI=1S/C28H27NO4/c1-32-20-15-13-18(14-16-20)17-19-7-6-9-22-26(21-8-2-3-10-23(21)29-27(19)22)28(31)33-25-12-5-4-11-24(25)30/h2-3,8,10,13-17,25H,4-7,9,11-12H2,1H3. The summed E-state index contributed by atoms with van der Waals surface area (Å²) in [5.41, 5.74) is 5.28. The van der Waals surface area contributed by atoms with Gasteiger partial charge < -0.3 is 9.47 Å². The number of pyridine rings is 1. The summed E-state index contributed by atoms with van der Waals surface area (Å²) in [6.45, 7) is 0. The van der Waals surface area contributed by atoms with Crippen LogP contribution in [-0.2, 0) is 16.0 Å². The van der Waals surface area contributed by atoms with Crippen LogP contribution in [0.5, 0.6) is 5.75 Å². The van der Waals surface area contributed by atoms with E-state index in [9.17, 15) is 9.59 Å². The summed E-state index contributed by atoms with van der Waals surface area (Å²) in [6.07, 6.45) is 6.97. The summed E-state index contributed by atoms with van der Waals surface area (Å²) in [5.74, 6) is 0.435. The number of methoxy groups -OCH3 is 1. The highest BCUT2D eigenvalue weighted by molar-refractivity contribution is 6.07. The largest absolute Gasteiger partial charge is 0.497 e. The summed E-state index contributed by atoms with van der Waals surface area (Å²) in [4.78, 5) is 30.7. The maximum Gasteiger partial charge on any atom is 0.339 e. The molecule has 1 aromatic heterocycles. The number of Topliss-reactive ketones (excluding diaryl/α,β-unsaturated/α-hetero) is 1. The lowest BCUT2D eigenvalue weighted by molar-refractivity contribution is -0.129. The second kappa shape index (κ2) is 9.18. The normalized spacial score (nSPS) is 19.4. The zero-order valence-corrected chi connectivity index (χ0v) is 18.8. The molecule has 33 heavy (non-hydrogen) atoms. The lowest BCUT2D eigenvalue weighted by atomic mass is 9.86. The number of para-hydroxylation sites is 1. The van der Waals surface area contributed by atoms with Gasteiger partial charge in [0.05, 0.1) is 23.9 Å². The second-order valence-electron chi connectivity index (χ2n) is 8.73. The Morgan fingerprint density at radius 2 is 1.82 bits per heavy atom. The minimum Gasteiger partial charge on any atom is -0.497 e. The number of rotatable bonds is 4. The number of hydrogen-bond donors (Lipinski definition) is 0. The van der Waals surface area contributed by atoms with Gasteiger partial charge in [0.15, 0.2) is 11.9 Å². The molecular formula is C28H27NO4. The van der Waals surface area contributed by atoms with Crippen molar-refractivity contribution in [2.24, 2.45) is 0 Å². The predicted molar refractivity (Wildman–Crippen MR) is 128 cm³/mol. The number of benzene rings is 2. The number of nitrogens with zero attached hydrogens (tertiary/aromatic N) is 1. The van der Waals surface area contributed by atoms with E-state index in [0.29, 0.717) is 18.4 Å².